The summed E-state index contributed by atoms with van der Waals surface area (Å²) in [6.07, 6.45) is 0. The Hall–Kier alpha value is -2.62. The number of amides is 2. The lowest BCUT2D eigenvalue weighted by atomic mass is 10.1. The standard InChI is InChI=1S/C14H12N2O2/c15-12-9-5-4-8-11(12)14(18)16-13(17)10-6-2-1-3-7-10/h1-9H,15H2,(H,16,17,18). The minimum Gasteiger partial charge on any atom is -0.398 e. The molecule has 0 saturated carbocycles. The van der Waals surface area contributed by atoms with Crippen LogP contribution < -0.4 is 11.1 Å². The van der Waals surface area contributed by atoms with Crippen LogP contribution in [0.1, 0.15) is 20.7 Å². The molecule has 0 aliphatic heterocycles. The highest BCUT2D eigenvalue weighted by Gasteiger charge is 2.13. The number of imide groups is 1. The lowest BCUT2D eigenvalue weighted by molar-refractivity contribution is 0.0850. The molecule has 0 aliphatic carbocycles. The number of benzene rings is 2. The molecule has 2 amide bonds. The van der Waals surface area contributed by atoms with Crippen LogP contribution in [0.25, 0.3) is 0 Å². The summed E-state index contributed by atoms with van der Waals surface area (Å²) in [5, 5.41) is 2.30. The summed E-state index contributed by atoms with van der Waals surface area (Å²) in [5.74, 6) is -0.939. The molecule has 2 aromatic rings. The lowest BCUT2D eigenvalue weighted by Crippen LogP contribution is -2.30. The number of rotatable bonds is 2. The van der Waals surface area contributed by atoms with E-state index in [4.69, 9.17) is 5.73 Å². The van der Waals surface area contributed by atoms with E-state index < -0.39 is 11.8 Å². The quantitative estimate of drug-likeness (QED) is 0.621. The Balaban J connectivity index is 2.14. The van der Waals surface area contributed by atoms with E-state index in [1.807, 2.05) is 0 Å². The average Bonchev–Trinajstić information content (AvgIpc) is 2.40. The van der Waals surface area contributed by atoms with E-state index in [-0.39, 0.29) is 0 Å². The summed E-state index contributed by atoms with van der Waals surface area (Å²) < 4.78 is 0. The first-order valence-corrected chi connectivity index (χ1v) is 5.43. The second-order valence-electron chi connectivity index (χ2n) is 3.74. The average molecular weight is 240 g/mol. The number of nitrogen functional groups attached to an aromatic ring is 1. The van der Waals surface area contributed by atoms with Gasteiger partial charge in [0.15, 0.2) is 0 Å². The molecular formula is C14H12N2O2. The van der Waals surface area contributed by atoms with Crippen molar-refractivity contribution in [3.63, 3.8) is 0 Å². The van der Waals surface area contributed by atoms with Crippen molar-refractivity contribution in [3.05, 3.63) is 65.7 Å². The van der Waals surface area contributed by atoms with Crippen molar-refractivity contribution in [2.45, 2.75) is 0 Å². The monoisotopic (exact) mass is 240 g/mol. The molecule has 4 nitrogen and oxygen atoms in total. The molecular weight excluding hydrogens is 228 g/mol. The highest BCUT2D eigenvalue weighted by Crippen LogP contribution is 2.10. The number of carbonyl (C=O) groups excluding carboxylic acids is 2. The number of para-hydroxylation sites is 1. The third kappa shape index (κ3) is 2.55. The van der Waals surface area contributed by atoms with Crippen molar-refractivity contribution >= 4 is 17.5 Å². The molecule has 0 atom stereocenters. The zero-order chi connectivity index (χ0) is 13.0. The maximum Gasteiger partial charge on any atom is 0.260 e. The van der Waals surface area contributed by atoms with Gasteiger partial charge in [-0.2, -0.15) is 0 Å². The zero-order valence-corrected chi connectivity index (χ0v) is 9.59. The number of carbonyl (C=O) groups is 2. The number of anilines is 1. The summed E-state index contributed by atoms with van der Waals surface area (Å²) in [4.78, 5) is 23.6. The summed E-state index contributed by atoms with van der Waals surface area (Å²) in [6.45, 7) is 0. The van der Waals surface area contributed by atoms with Gasteiger partial charge in [-0.15, -0.1) is 0 Å². The van der Waals surface area contributed by atoms with E-state index in [1.165, 1.54) is 0 Å². The Labute approximate surface area is 104 Å². The fraction of sp³-hybridized carbons (Fsp3) is 0. The minimum atomic E-state index is -0.498. The van der Waals surface area contributed by atoms with Crippen LogP contribution >= 0.6 is 0 Å². The van der Waals surface area contributed by atoms with Crippen molar-refractivity contribution in [1.82, 2.24) is 5.32 Å². The van der Waals surface area contributed by atoms with E-state index in [1.54, 1.807) is 54.6 Å². The fourth-order valence-electron chi connectivity index (χ4n) is 1.54. The van der Waals surface area contributed by atoms with Crippen molar-refractivity contribution in [3.8, 4) is 0 Å². The second-order valence-corrected chi connectivity index (χ2v) is 3.74. The van der Waals surface area contributed by atoms with Crippen molar-refractivity contribution in [1.29, 1.82) is 0 Å². The molecule has 18 heavy (non-hydrogen) atoms. The molecule has 2 rings (SSSR count). The number of hydrogen-bond donors (Lipinski definition) is 2. The minimum absolute atomic E-state index is 0.293. The van der Waals surface area contributed by atoms with Crippen LogP contribution in [0.15, 0.2) is 54.6 Å². The molecule has 4 heteroatoms. The smallest absolute Gasteiger partial charge is 0.260 e. The largest absolute Gasteiger partial charge is 0.398 e. The van der Waals surface area contributed by atoms with Crippen molar-refractivity contribution in [2.24, 2.45) is 0 Å². The maximum absolute atomic E-state index is 11.8. The normalized spacial score (nSPS) is 9.78. The zero-order valence-electron chi connectivity index (χ0n) is 9.59. The summed E-state index contributed by atoms with van der Waals surface area (Å²) in [7, 11) is 0. The molecule has 0 unspecified atom stereocenters. The summed E-state index contributed by atoms with van der Waals surface area (Å²) in [5.41, 5.74) is 6.73. The van der Waals surface area contributed by atoms with Crippen LogP contribution in [0.4, 0.5) is 5.69 Å². The van der Waals surface area contributed by atoms with E-state index >= 15 is 0 Å². The van der Waals surface area contributed by atoms with Gasteiger partial charge in [-0.05, 0) is 24.3 Å². The van der Waals surface area contributed by atoms with E-state index in [2.05, 4.69) is 5.32 Å². The van der Waals surface area contributed by atoms with Gasteiger partial charge >= 0.3 is 0 Å². The molecule has 2 aromatic carbocycles. The van der Waals surface area contributed by atoms with Gasteiger partial charge in [0.1, 0.15) is 0 Å². The molecule has 0 saturated heterocycles. The van der Waals surface area contributed by atoms with E-state index in [0.29, 0.717) is 16.8 Å². The molecule has 0 aromatic heterocycles. The van der Waals surface area contributed by atoms with Gasteiger partial charge in [0.2, 0.25) is 0 Å². The molecule has 0 bridgehead atoms. The third-order valence-corrected chi connectivity index (χ3v) is 2.47. The van der Waals surface area contributed by atoms with Crippen molar-refractivity contribution < 1.29 is 9.59 Å². The van der Waals surface area contributed by atoms with Gasteiger partial charge in [0.05, 0.1) is 5.56 Å². The Morgan fingerprint density at radius 1 is 0.833 bits per heavy atom. The predicted octanol–water partition coefficient (Wildman–Crippen LogP) is 1.84. The van der Waals surface area contributed by atoms with Crippen LogP contribution in [0, 0.1) is 0 Å². The molecule has 3 N–H and O–H groups in total. The van der Waals surface area contributed by atoms with Crippen LogP contribution in [-0.2, 0) is 0 Å². The fourth-order valence-corrected chi connectivity index (χ4v) is 1.54. The van der Waals surface area contributed by atoms with Crippen LogP contribution in [0.2, 0.25) is 0 Å². The van der Waals surface area contributed by atoms with Gasteiger partial charge in [0, 0.05) is 11.3 Å². The lowest BCUT2D eigenvalue weighted by Gasteiger charge is -2.06. The molecule has 0 radical (unpaired) electrons. The van der Waals surface area contributed by atoms with Gasteiger partial charge < -0.3 is 5.73 Å². The predicted molar refractivity (Wildman–Crippen MR) is 69.1 cm³/mol. The summed E-state index contributed by atoms with van der Waals surface area (Å²) >= 11 is 0. The Kier molecular flexibility index (Phi) is 3.38. The van der Waals surface area contributed by atoms with Gasteiger partial charge in [-0.3, -0.25) is 14.9 Å². The van der Waals surface area contributed by atoms with Gasteiger partial charge in [0.25, 0.3) is 11.8 Å². The number of nitrogens with two attached hydrogens (primary N) is 1. The number of hydrogen-bond acceptors (Lipinski definition) is 3. The third-order valence-electron chi connectivity index (χ3n) is 2.47. The van der Waals surface area contributed by atoms with Crippen LogP contribution in [0.3, 0.4) is 0 Å². The molecule has 0 spiro atoms. The molecule has 0 fully saturated rings. The SMILES string of the molecule is Nc1ccccc1C(=O)NC(=O)c1ccccc1. The number of nitrogens with one attached hydrogen (secondary N) is 1. The van der Waals surface area contributed by atoms with Crippen LogP contribution in [0.5, 0.6) is 0 Å². The topological polar surface area (TPSA) is 72.2 Å². The maximum atomic E-state index is 11.8. The first kappa shape index (κ1) is 11.9. The summed E-state index contributed by atoms with van der Waals surface area (Å²) in [6, 6.07) is 15.1. The Morgan fingerprint density at radius 3 is 2.11 bits per heavy atom. The van der Waals surface area contributed by atoms with Gasteiger partial charge in [-0.1, -0.05) is 30.3 Å². The Bertz CT molecular complexity index is 579. The highest BCUT2D eigenvalue weighted by molar-refractivity contribution is 6.12. The highest BCUT2D eigenvalue weighted by atomic mass is 16.2. The Morgan fingerprint density at radius 2 is 1.44 bits per heavy atom. The molecule has 0 aliphatic rings. The first-order chi connectivity index (χ1) is 8.68. The molecule has 0 heterocycles. The van der Waals surface area contributed by atoms with E-state index in [0.717, 1.165) is 0 Å². The first-order valence-electron chi connectivity index (χ1n) is 5.43. The van der Waals surface area contributed by atoms with Crippen molar-refractivity contribution in [2.75, 3.05) is 5.73 Å². The second kappa shape index (κ2) is 5.14. The van der Waals surface area contributed by atoms with Gasteiger partial charge in [-0.25, -0.2) is 0 Å². The van der Waals surface area contributed by atoms with E-state index in [9.17, 15) is 9.59 Å². The van der Waals surface area contributed by atoms with Crippen LogP contribution in [-0.4, -0.2) is 11.8 Å². The molecule has 90 valence electrons.